The molecule has 4 heteroatoms. The van der Waals surface area contributed by atoms with E-state index in [0.717, 1.165) is 32.2 Å². The van der Waals surface area contributed by atoms with E-state index in [0.29, 0.717) is 13.0 Å². The first kappa shape index (κ1) is 11.9. The number of likely N-dealkylation sites (tertiary alicyclic amines) is 1. The molecule has 0 amide bonds. The molecule has 3 unspecified atom stereocenters. The fourth-order valence-electron chi connectivity index (χ4n) is 2.97. The van der Waals surface area contributed by atoms with Crippen LogP contribution in [-0.4, -0.2) is 46.3 Å². The van der Waals surface area contributed by atoms with Crippen LogP contribution >= 0.6 is 0 Å². The molecule has 1 saturated carbocycles. The van der Waals surface area contributed by atoms with Crippen molar-refractivity contribution in [3.8, 4) is 0 Å². The van der Waals surface area contributed by atoms with Gasteiger partial charge in [0, 0.05) is 12.6 Å². The van der Waals surface area contributed by atoms with Crippen LogP contribution in [0.1, 0.15) is 39.0 Å². The van der Waals surface area contributed by atoms with Crippen LogP contribution in [0, 0.1) is 5.41 Å². The van der Waals surface area contributed by atoms with Crippen LogP contribution in [0.3, 0.4) is 0 Å². The van der Waals surface area contributed by atoms with Gasteiger partial charge in [0.25, 0.3) is 0 Å². The van der Waals surface area contributed by atoms with E-state index in [1.807, 2.05) is 6.92 Å². The number of aliphatic hydroxyl groups is 1. The van der Waals surface area contributed by atoms with Crippen LogP contribution in [0.4, 0.5) is 0 Å². The van der Waals surface area contributed by atoms with Crippen molar-refractivity contribution in [2.24, 2.45) is 5.41 Å². The lowest BCUT2D eigenvalue weighted by molar-refractivity contribution is -0.147. The Morgan fingerprint density at radius 1 is 1.38 bits per heavy atom. The van der Waals surface area contributed by atoms with E-state index in [2.05, 4.69) is 4.90 Å². The molecule has 1 aliphatic heterocycles. The van der Waals surface area contributed by atoms with Crippen molar-refractivity contribution in [1.29, 1.82) is 0 Å². The number of rotatable bonds is 2. The number of hydrogen-bond acceptors (Lipinski definition) is 3. The first-order valence-corrected chi connectivity index (χ1v) is 6.18. The van der Waals surface area contributed by atoms with Gasteiger partial charge < -0.3 is 10.2 Å². The largest absolute Gasteiger partial charge is 0.481 e. The molecular formula is C12H21NO3. The third kappa shape index (κ3) is 2.09. The van der Waals surface area contributed by atoms with Crippen molar-refractivity contribution in [3.05, 3.63) is 0 Å². The van der Waals surface area contributed by atoms with Crippen LogP contribution in [0.5, 0.6) is 0 Å². The highest BCUT2D eigenvalue weighted by molar-refractivity contribution is 5.74. The molecule has 1 heterocycles. The van der Waals surface area contributed by atoms with E-state index in [9.17, 15) is 9.90 Å². The number of hydrogen-bond donors (Lipinski definition) is 2. The molecule has 0 aromatic heterocycles. The predicted octanol–water partition coefficient (Wildman–Crippen LogP) is 1.09. The molecular weight excluding hydrogens is 206 g/mol. The Labute approximate surface area is 96.3 Å². The minimum absolute atomic E-state index is 0.190. The summed E-state index contributed by atoms with van der Waals surface area (Å²) in [5, 5.41) is 19.1. The zero-order valence-corrected chi connectivity index (χ0v) is 9.85. The normalized spacial score (nSPS) is 41.1. The van der Waals surface area contributed by atoms with Gasteiger partial charge in [-0.2, -0.15) is 0 Å². The fourth-order valence-corrected chi connectivity index (χ4v) is 2.97. The minimum Gasteiger partial charge on any atom is -0.481 e. The molecule has 4 nitrogen and oxygen atoms in total. The van der Waals surface area contributed by atoms with E-state index in [4.69, 9.17) is 5.11 Å². The third-order valence-electron chi connectivity index (χ3n) is 4.18. The summed E-state index contributed by atoms with van der Waals surface area (Å²) in [5.41, 5.74) is -0.614. The van der Waals surface area contributed by atoms with Crippen LogP contribution in [0.2, 0.25) is 0 Å². The zero-order valence-electron chi connectivity index (χ0n) is 9.85. The van der Waals surface area contributed by atoms with Crippen molar-refractivity contribution in [3.63, 3.8) is 0 Å². The molecule has 3 atom stereocenters. The Kier molecular flexibility index (Phi) is 3.22. The van der Waals surface area contributed by atoms with Gasteiger partial charge in [0.15, 0.2) is 0 Å². The molecule has 2 fully saturated rings. The highest BCUT2D eigenvalue weighted by Gasteiger charge is 2.44. The molecule has 0 spiro atoms. The first-order chi connectivity index (χ1) is 7.53. The quantitative estimate of drug-likeness (QED) is 0.741. The molecule has 1 aliphatic carbocycles. The number of carboxylic acids is 1. The molecule has 92 valence electrons. The van der Waals surface area contributed by atoms with Crippen LogP contribution in [0.15, 0.2) is 0 Å². The van der Waals surface area contributed by atoms with Gasteiger partial charge in [0.2, 0.25) is 0 Å². The first-order valence-electron chi connectivity index (χ1n) is 6.18. The average molecular weight is 227 g/mol. The summed E-state index contributed by atoms with van der Waals surface area (Å²) >= 11 is 0. The minimum atomic E-state index is -0.708. The monoisotopic (exact) mass is 227 g/mol. The maximum Gasteiger partial charge on any atom is 0.310 e. The van der Waals surface area contributed by atoms with E-state index in [-0.39, 0.29) is 12.1 Å². The van der Waals surface area contributed by atoms with E-state index in [1.54, 1.807) is 0 Å². The highest BCUT2D eigenvalue weighted by Crippen LogP contribution is 2.34. The van der Waals surface area contributed by atoms with Gasteiger partial charge in [-0.05, 0) is 32.7 Å². The summed E-state index contributed by atoms with van der Waals surface area (Å²) in [4.78, 5) is 13.3. The summed E-state index contributed by atoms with van der Waals surface area (Å²) in [6.07, 6.45) is 4.57. The number of aliphatic carboxylic acids is 1. The van der Waals surface area contributed by atoms with Crippen molar-refractivity contribution in [1.82, 2.24) is 4.90 Å². The number of carboxylic acid groups (broad SMARTS) is 1. The van der Waals surface area contributed by atoms with Crippen molar-refractivity contribution >= 4 is 5.97 Å². The lowest BCUT2D eigenvalue weighted by Gasteiger charge is -2.35. The van der Waals surface area contributed by atoms with Gasteiger partial charge >= 0.3 is 5.97 Å². The fraction of sp³-hybridized carbons (Fsp3) is 0.917. The zero-order chi connectivity index (χ0) is 11.8. The topological polar surface area (TPSA) is 60.8 Å². The Bertz CT molecular complexity index is 281. The maximum absolute atomic E-state index is 11.1. The highest BCUT2D eigenvalue weighted by atomic mass is 16.4. The second-order valence-electron chi connectivity index (χ2n) is 5.51. The van der Waals surface area contributed by atoms with Crippen LogP contribution < -0.4 is 0 Å². The Hall–Kier alpha value is -0.610. The van der Waals surface area contributed by atoms with Gasteiger partial charge in [-0.25, -0.2) is 0 Å². The molecule has 0 radical (unpaired) electrons. The standard InChI is InChI=1S/C12H21NO3/c1-12(11(15)16)6-7-13(8-12)9-4-2-3-5-10(9)14/h9-10,14H,2-8H2,1H3,(H,15,16). The summed E-state index contributed by atoms with van der Waals surface area (Å²) < 4.78 is 0. The average Bonchev–Trinajstić information content (AvgIpc) is 2.63. The molecule has 0 aromatic rings. The Morgan fingerprint density at radius 3 is 2.62 bits per heavy atom. The molecule has 16 heavy (non-hydrogen) atoms. The number of aliphatic hydroxyl groups excluding tert-OH is 1. The predicted molar refractivity (Wildman–Crippen MR) is 60.2 cm³/mol. The summed E-state index contributed by atoms with van der Waals surface area (Å²) in [7, 11) is 0. The van der Waals surface area contributed by atoms with Crippen molar-refractivity contribution in [2.45, 2.75) is 51.2 Å². The smallest absolute Gasteiger partial charge is 0.310 e. The summed E-state index contributed by atoms with van der Waals surface area (Å²) in [5.74, 6) is -0.708. The number of nitrogens with zero attached hydrogens (tertiary/aromatic N) is 1. The van der Waals surface area contributed by atoms with Gasteiger partial charge in [0.1, 0.15) is 0 Å². The summed E-state index contributed by atoms with van der Waals surface area (Å²) in [6.45, 7) is 3.21. The van der Waals surface area contributed by atoms with E-state index < -0.39 is 11.4 Å². The van der Waals surface area contributed by atoms with E-state index >= 15 is 0 Å². The van der Waals surface area contributed by atoms with Crippen molar-refractivity contribution < 1.29 is 15.0 Å². The van der Waals surface area contributed by atoms with Crippen LogP contribution in [-0.2, 0) is 4.79 Å². The lowest BCUT2D eigenvalue weighted by Crippen LogP contribution is -2.45. The van der Waals surface area contributed by atoms with E-state index in [1.165, 1.54) is 0 Å². The SMILES string of the molecule is CC1(C(=O)O)CCN(C2CCCCC2O)C1. The maximum atomic E-state index is 11.1. The third-order valence-corrected chi connectivity index (χ3v) is 4.18. The second kappa shape index (κ2) is 4.34. The molecule has 0 bridgehead atoms. The molecule has 2 N–H and O–H groups in total. The van der Waals surface area contributed by atoms with Gasteiger partial charge in [0.05, 0.1) is 11.5 Å². The van der Waals surface area contributed by atoms with Gasteiger partial charge in [-0.1, -0.05) is 12.8 Å². The lowest BCUT2D eigenvalue weighted by atomic mass is 9.89. The van der Waals surface area contributed by atoms with Crippen LogP contribution in [0.25, 0.3) is 0 Å². The van der Waals surface area contributed by atoms with Crippen molar-refractivity contribution in [2.75, 3.05) is 13.1 Å². The Morgan fingerprint density at radius 2 is 2.06 bits per heavy atom. The second-order valence-corrected chi connectivity index (χ2v) is 5.51. The summed E-state index contributed by atoms with van der Waals surface area (Å²) in [6, 6.07) is 0.190. The molecule has 1 saturated heterocycles. The van der Waals surface area contributed by atoms with Gasteiger partial charge in [-0.3, -0.25) is 9.69 Å². The number of carbonyl (C=O) groups is 1. The molecule has 0 aromatic carbocycles. The molecule has 2 aliphatic rings. The van der Waals surface area contributed by atoms with Gasteiger partial charge in [-0.15, -0.1) is 0 Å². The Balaban J connectivity index is 2.00. The molecule has 2 rings (SSSR count).